The Bertz CT molecular complexity index is 834. The zero-order valence-corrected chi connectivity index (χ0v) is 13.4. The summed E-state index contributed by atoms with van der Waals surface area (Å²) in [5.74, 6) is 0. The second-order valence-corrected chi connectivity index (χ2v) is 5.79. The van der Waals surface area contributed by atoms with Crippen molar-refractivity contribution in [1.29, 1.82) is 0 Å². The van der Waals surface area contributed by atoms with Gasteiger partial charge in [0.1, 0.15) is 0 Å². The quantitative estimate of drug-likeness (QED) is 0.691. The molecule has 7 nitrogen and oxygen atoms in total. The van der Waals surface area contributed by atoms with Crippen LogP contribution in [0.2, 0.25) is 0 Å². The van der Waals surface area contributed by atoms with E-state index in [4.69, 9.17) is 0 Å². The van der Waals surface area contributed by atoms with Crippen molar-refractivity contribution in [2.24, 2.45) is 7.05 Å². The number of benzene rings is 1. The molecule has 0 aliphatic heterocycles. The fourth-order valence-corrected chi connectivity index (χ4v) is 2.58. The van der Waals surface area contributed by atoms with E-state index >= 15 is 0 Å². The number of H-pyrrole nitrogens is 1. The molecule has 23 heavy (non-hydrogen) atoms. The average molecular weight is 312 g/mol. The van der Waals surface area contributed by atoms with Crippen LogP contribution in [0.5, 0.6) is 0 Å². The zero-order valence-electron chi connectivity index (χ0n) is 13.4. The molecular weight excluding hydrogens is 292 g/mol. The molecule has 2 heterocycles. The number of fused-ring (bicyclic) bond motifs is 1. The summed E-state index contributed by atoms with van der Waals surface area (Å²) in [5.41, 5.74) is 3.72. The predicted molar refractivity (Wildman–Crippen MR) is 89.4 cm³/mol. The van der Waals surface area contributed by atoms with E-state index in [1.54, 1.807) is 10.9 Å². The van der Waals surface area contributed by atoms with Crippen LogP contribution in [-0.2, 0) is 13.5 Å². The summed E-state index contributed by atoms with van der Waals surface area (Å²) in [4.78, 5) is 12.1. The van der Waals surface area contributed by atoms with Gasteiger partial charge in [0, 0.05) is 36.3 Å². The van der Waals surface area contributed by atoms with Crippen LogP contribution >= 0.6 is 0 Å². The lowest BCUT2D eigenvalue weighted by Gasteiger charge is -2.13. The highest BCUT2D eigenvalue weighted by atomic mass is 16.2. The molecule has 0 unspecified atom stereocenters. The van der Waals surface area contributed by atoms with E-state index in [1.165, 1.54) is 0 Å². The van der Waals surface area contributed by atoms with Crippen LogP contribution in [0.15, 0.2) is 30.5 Å². The van der Waals surface area contributed by atoms with E-state index in [-0.39, 0.29) is 12.1 Å². The molecule has 7 heteroatoms. The smallest absolute Gasteiger partial charge is 0.319 e. The molecule has 3 N–H and O–H groups in total. The Morgan fingerprint density at radius 3 is 2.96 bits per heavy atom. The normalized spacial score (nSPS) is 12.3. The summed E-state index contributed by atoms with van der Waals surface area (Å²) in [7, 11) is 1.89. The number of rotatable bonds is 4. The fourth-order valence-electron chi connectivity index (χ4n) is 2.58. The second kappa shape index (κ2) is 6.12. The molecule has 3 aromatic rings. The molecule has 120 valence electrons. The van der Waals surface area contributed by atoms with Gasteiger partial charge in [0.15, 0.2) is 0 Å². The third-order valence-corrected chi connectivity index (χ3v) is 3.66. The number of aromatic amines is 1. The Morgan fingerprint density at radius 2 is 2.22 bits per heavy atom. The number of aryl methyl sites for hydroxylation is 2. The van der Waals surface area contributed by atoms with Gasteiger partial charge >= 0.3 is 6.03 Å². The minimum absolute atomic E-state index is 0.0141. The maximum Gasteiger partial charge on any atom is 0.319 e. The third kappa shape index (κ3) is 3.50. The van der Waals surface area contributed by atoms with Crippen molar-refractivity contribution < 1.29 is 4.79 Å². The zero-order chi connectivity index (χ0) is 16.4. The summed E-state index contributed by atoms with van der Waals surface area (Å²) in [6.45, 7) is 3.91. The van der Waals surface area contributed by atoms with E-state index in [0.29, 0.717) is 6.42 Å². The number of anilines is 1. The van der Waals surface area contributed by atoms with Gasteiger partial charge in [-0.1, -0.05) is 0 Å². The molecule has 0 aliphatic rings. The molecule has 3 rings (SSSR count). The molecule has 2 aromatic heterocycles. The van der Waals surface area contributed by atoms with Gasteiger partial charge in [0.05, 0.1) is 17.4 Å². The lowest BCUT2D eigenvalue weighted by atomic mass is 10.2. The SMILES string of the molecule is Cc1cc(C[C@H](C)NC(=O)Nc2ccc3c(cnn3C)c2)n[nH]1. The van der Waals surface area contributed by atoms with E-state index in [0.717, 1.165) is 28.0 Å². The number of nitrogens with zero attached hydrogens (tertiary/aromatic N) is 3. The Morgan fingerprint density at radius 1 is 1.39 bits per heavy atom. The highest BCUT2D eigenvalue weighted by Gasteiger charge is 2.10. The number of hydrogen-bond donors (Lipinski definition) is 3. The molecular formula is C16H20N6O. The predicted octanol–water partition coefficient (Wildman–Crippen LogP) is 2.36. The van der Waals surface area contributed by atoms with Gasteiger partial charge in [-0.05, 0) is 38.1 Å². The summed E-state index contributed by atoms with van der Waals surface area (Å²) < 4.78 is 1.80. The van der Waals surface area contributed by atoms with Gasteiger partial charge in [-0.15, -0.1) is 0 Å². The van der Waals surface area contributed by atoms with Crippen LogP contribution in [0.25, 0.3) is 10.9 Å². The number of aromatic nitrogens is 4. The molecule has 0 radical (unpaired) electrons. The largest absolute Gasteiger partial charge is 0.335 e. The van der Waals surface area contributed by atoms with Gasteiger partial charge in [0.25, 0.3) is 0 Å². The average Bonchev–Trinajstić information content (AvgIpc) is 3.05. The molecule has 1 aromatic carbocycles. The number of amides is 2. The Balaban J connectivity index is 1.59. The van der Waals surface area contributed by atoms with Crippen LogP contribution in [0.1, 0.15) is 18.3 Å². The van der Waals surface area contributed by atoms with Gasteiger partial charge in [-0.3, -0.25) is 9.78 Å². The van der Waals surface area contributed by atoms with Crippen molar-refractivity contribution in [3.05, 3.63) is 41.9 Å². The van der Waals surface area contributed by atoms with Crippen LogP contribution in [-0.4, -0.2) is 32.1 Å². The molecule has 0 spiro atoms. The number of carbonyl (C=O) groups is 1. The summed E-state index contributed by atoms with van der Waals surface area (Å²) >= 11 is 0. The first-order chi connectivity index (χ1) is 11.0. The number of hydrogen-bond acceptors (Lipinski definition) is 3. The van der Waals surface area contributed by atoms with Crippen LogP contribution in [0, 0.1) is 6.92 Å². The van der Waals surface area contributed by atoms with E-state index in [1.807, 2.05) is 45.2 Å². The summed E-state index contributed by atoms with van der Waals surface area (Å²) in [5, 5.41) is 18.0. The van der Waals surface area contributed by atoms with Gasteiger partial charge in [0.2, 0.25) is 0 Å². The maximum atomic E-state index is 12.1. The topological polar surface area (TPSA) is 87.6 Å². The number of urea groups is 1. The lowest BCUT2D eigenvalue weighted by Crippen LogP contribution is -2.37. The summed E-state index contributed by atoms with van der Waals surface area (Å²) in [6.07, 6.45) is 2.46. The van der Waals surface area contributed by atoms with Crippen molar-refractivity contribution in [1.82, 2.24) is 25.3 Å². The van der Waals surface area contributed by atoms with E-state index < -0.39 is 0 Å². The minimum Gasteiger partial charge on any atom is -0.335 e. The molecule has 1 atom stereocenters. The monoisotopic (exact) mass is 312 g/mol. The fraction of sp³-hybridized carbons (Fsp3) is 0.312. The first kappa shape index (κ1) is 15.1. The van der Waals surface area contributed by atoms with Gasteiger partial charge in [-0.2, -0.15) is 10.2 Å². The minimum atomic E-state index is -0.229. The first-order valence-corrected chi connectivity index (χ1v) is 7.51. The van der Waals surface area contributed by atoms with Crippen molar-refractivity contribution >= 4 is 22.6 Å². The Kier molecular flexibility index (Phi) is 4.01. The van der Waals surface area contributed by atoms with E-state index in [2.05, 4.69) is 25.9 Å². The second-order valence-electron chi connectivity index (χ2n) is 5.79. The molecule has 0 aliphatic carbocycles. The lowest BCUT2D eigenvalue weighted by molar-refractivity contribution is 0.249. The van der Waals surface area contributed by atoms with Crippen molar-refractivity contribution in [3.8, 4) is 0 Å². The van der Waals surface area contributed by atoms with Gasteiger partial charge < -0.3 is 10.6 Å². The van der Waals surface area contributed by atoms with Crippen LogP contribution < -0.4 is 10.6 Å². The van der Waals surface area contributed by atoms with Crippen LogP contribution in [0.4, 0.5) is 10.5 Å². The molecule has 0 saturated heterocycles. The Labute approximate surface area is 134 Å². The molecule has 0 fully saturated rings. The molecule has 2 amide bonds. The Hall–Kier alpha value is -2.83. The van der Waals surface area contributed by atoms with Crippen molar-refractivity contribution in [3.63, 3.8) is 0 Å². The standard InChI is InChI=1S/C16H20N6O/c1-10(6-14-7-11(2)20-21-14)18-16(23)19-13-4-5-15-12(8-13)9-17-22(15)3/h4-5,7-10H,6H2,1-3H3,(H,20,21)(H2,18,19,23)/t10-/m0/s1. The molecule has 0 bridgehead atoms. The van der Waals surface area contributed by atoms with Crippen LogP contribution in [0.3, 0.4) is 0 Å². The van der Waals surface area contributed by atoms with Crippen molar-refractivity contribution in [2.75, 3.05) is 5.32 Å². The molecule has 0 saturated carbocycles. The third-order valence-electron chi connectivity index (χ3n) is 3.66. The number of nitrogens with one attached hydrogen (secondary N) is 3. The van der Waals surface area contributed by atoms with Crippen molar-refractivity contribution in [2.45, 2.75) is 26.3 Å². The first-order valence-electron chi connectivity index (χ1n) is 7.51. The maximum absolute atomic E-state index is 12.1. The highest BCUT2D eigenvalue weighted by molar-refractivity contribution is 5.92. The van der Waals surface area contributed by atoms with E-state index in [9.17, 15) is 4.79 Å². The summed E-state index contributed by atoms with van der Waals surface area (Å²) in [6, 6.07) is 7.45. The number of carbonyl (C=O) groups excluding carboxylic acids is 1. The van der Waals surface area contributed by atoms with Gasteiger partial charge in [-0.25, -0.2) is 4.79 Å². The highest BCUT2D eigenvalue weighted by Crippen LogP contribution is 2.18.